The van der Waals surface area contributed by atoms with Crippen LogP contribution >= 0.6 is 0 Å². The van der Waals surface area contributed by atoms with Crippen molar-refractivity contribution in [3.8, 4) is 0 Å². The van der Waals surface area contributed by atoms with Gasteiger partial charge in [-0.3, -0.25) is 19.3 Å². The van der Waals surface area contributed by atoms with E-state index in [1.165, 1.54) is 7.11 Å². The van der Waals surface area contributed by atoms with Crippen molar-refractivity contribution in [2.45, 2.75) is 18.6 Å². The standard InChI is InChI=1S/C12H18N2O6/c1-20-7-9(16)8(15)6-13-10(17)4-5-14-11(18)2-3-12(14)19/h2-3,8-9,15-16H,4-7H2,1H3,(H,13,17)/t8-,9-/m1/s1. The number of rotatable bonds is 8. The van der Waals surface area contributed by atoms with E-state index >= 15 is 0 Å². The summed E-state index contributed by atoms with van der Waals surface area (Å²) in [6, 6.07) is 0. The van der Waals surface area contributed by atoms with Crippen LogP contribution in [0.25, 0.3) is 0 Å². The van der Waals surface area contributed by atoms with Gasteiger partial charge < -0.3 is 20.3 Å². The van der Waals surface area contributed by atoms with Gasteiger partial charge in [0.1, 0.15) is 6.10 Å². The topological polar surface area (TPSA) is 116 Å². The highest BCUT2D eigenvalue weighted by Crippen LogP contribution is 2.04. The molecule has 0 saturated heterocycles. The molecule has 1 aliphatic rings. The van der Waals surface area contributed by atoms with Gasteiger partial charge in [-0.05, 0) is 0 Å². The van der Waals surface area contributed by atoms with Crippen LogP contribution in [0.5, 0.6) is 0 Å². The molecule has 0 aromatic heterocycles. The number of amides is 3. The van der Waals surface area contributed by atoms with Crippen molar-refractivity contribution in [2.24, 2.45) is 0 Å². The molecule has 20 heavy (non-hydrogen) atoms. The molecule has 0 aromatic rings. The third-order valence-electron chi connectivity index (χ3n) is 2.75. The summed E-state index contributed by atoms with van der Waals surface area (Å²) >= 11 is 0. The van der Waals surface area contributed by atoms with Crippen molar-refractivity contribution in [3.05, 3.63) is 12.2 Å². The Bertz CT molecular complexity index is 391. The van der Waals surface area contributed by atoms with Gasteiger partial charge >= 0.3 is 0 Å². The maximum absolute atomic E-state index is 11.5. The number of imide groups is 1. The number of ether oxygens (including phenoxy) is 1. The second-order valence-electron chi connectivity index (χ2n) is 4.31. The molecule has 1 aliphatic heterocycles. The fraction of sp³-hybridized carbons (Fsp3) is 0.583. The molecule has 8 heteroatoms. The van der Waals surface area contributed by atoms with Crippen LogP contribution in [-0.4, -0.2) is 71.8 Å². The number of carbonyl (C=O) groups is 3. The minimum absolute atomic E-state index is 0.0206. The highest BCUT2D eigenvalue weighted by Gasteiger charge is 2.24. The molecule has 112 valence electrons. The number of nitrogens with one attached hydrogen (secondary N) is 1. The first kappa shape index (κ1) is 16.3. The molecule has 0 bridgehead atoms. The van der Waals surface area contributed by atoms with Crippen molar-refractivity contribution >= 4 is 17.7 Å². The third-order valence-corrected chi connectivity index (χ3v) is 2.75. The number of hydrogen-bond donors (Lipinski definition) is 3. The summed E-state index contributed by atoms with van der Waals surface area (Å²) in [6.07, 6.45) is -0.00974. The van der Waals surface area contributed by atoms with Crippen LogP contribution in [-0.2, 0) is 19.1 Å². The second-order valence-corrected chi connectivity index (χ2v) is 4.31. The number of nitrogens with zero attached hydrogens (tertiary/aromatic N) is 1. The number of aliphatic hydroxyl groups excluding tert-OH is 2. The smallest absolute Gasteiger partial charge is 0.253 e. The van der Waals surface area contributed by atoms with Gasteiger partial charge in [-0.25, -0.2) is 0 Å². The summed E-state index contributed by atoms with van der Waals surface area (Å²) in [5.41, 5.74) is 0. The Kier molecular flexibility index (Phi) is 6.29. The molecule has 3 amide bonds. The van der Waals surface area contributed by atoms with Gasteiger partial charge in [0.25, 0.3) is 11.8 Å². The number of methoxy groups -OCH3 is 1. The first-order valence-electron chi connectivity index (χ1n) is 6.11. The van der Waals surface area contributed by atoms with Crippen LogP contribution < -0.4 is 5.32 Å². The van der Waals surface area contributed by atoms with Crippen LogP contribution in [0.15, 0.2) is 12.2 Å². The molecule has 0 aromatic carbocycles. The van der Waals surface area contributed by atoms with Crippen LogP contribution in [0.1, 0.15) is 6.42 Å². The summed E-state index contributed by atoms with van der Waals surface area (Å²) in [5, 5.41) is 21.3. The van der Waals surface area contributed by atoms with Gasteiger partial charge in [0.15, 0.2) is 0 Å². The van der Waals surface area contributed by atoms with Gasteiger partial charge in [0.2, 0.25) is 5.91 Å². The normalized spacial score (nSPS) is 17.4. The largest absolute Gasteiger partial charge is 0.388 e. The van der Waals surface area contributed by atoms with E-state index in [9.17, 15) is 24.6 Å². The maximum Gasteiger partial charge on any atom is 0.253 e. The molecule has 1 rings (SSSR count). The lowest BCUT2D eigenvalue weighted by atomic mass is 10.2. The highest BCUT2D eigenvalue weighted by atomic mass is 16.5. The fourth-order valence-corrected chi connectivity index (χ4v) is 1.59. The van der Waals surface area contributed by atoms with E-state index in [4.69, 9.17) is 0 Å². The predicted molar refractivity (Wildman–Crippen MR) is 67.4 cm³/mol. The van der Waals surface area contributed by atoms with Crippen molar-refractivity contribution in [3.63, 3.8) is 0 Å². The Hall–Kier alpha value is -1.77. The van der Waals surface area contributed by atoms with E-state index in [1.807, 2.05) is 0 Å². The maximum atomic E-state index is 11.5. The zero-order valence-electron chi connectivity index (χ0n) is 11.1. The van der Waals surface area contributed by atoms with Gasteiger partial charge in [0, 0.05) is 38.8 Å². The van der Waals surface area contributed by atoms with E-state index in [2.05, 4.69) is 10.1 Å². The number of aliphatic hydroxyl groups is 2. The molecule has 0 unspecified atom stereocenters. The zero-order valence-corrected chi connectivity index (χ0v) is 11.1. The zero-order chi connectivity index (χ0) is 15.1. The lowest BCUT2D eigenvalue weighted by molar-refractivity contribution is -0.137. The van der Waals surface area contributed by atoms with Crippen LogP contribution in [0.4, 0.5) is 0 Å². The van der Waals surface area contributed by atoms with E-state index in [0.717, 1.165) is 17.1 Å². The first-order chi connectivity index (χ1) is 9.45. The Balaban J connectivity index is 2.24. The fourth-order valence-electron chi connectivity index (χ4n) is 1.59. The average molecular weight is 286 g/mol. The molecule has 0 fully saturated rings. The van der Waals surface area contributed by atoms with Crippen molar-refractivity contribution in [2.75, 3.05) is 26.8 Å². The molecule has 1 heterocycles. The Morgan fingerprint density at radius 1 is 1.30 bits per heavy atom. The quantitative estimate of drug-likeness (QED) is 0.435. The van der Waals surface area contributed by atoms with E-state index in [-0.39, 0.29) is 26.1 Å². The second kappa shape index (κ2) is 7.73. The summed E-state index contributed by atoms with van der Waals surface area (Å²) in [4.78, 5) is 34.9. The monoisotopic (exact) mass is 286 g/mol. The lowest BCUT2D eigenvalue weighted by Crippen LogP contribution is -2.42. The number of carbonyl (C=O) groups excluding carboxylic acids is 3. The predicted octanol–water partition coefficient (Wildman–Crippen LogP) is -2.21. The molecule has 8 nitrogen and oxygen atoms in total. The molecule has 0 aliphatic carbocycles. The molecular weight excluding hydrogens is 268 g/mol. The van der Waals surface area contributed by atoms with Crippen LogP contribution in [0, 0.1) is 0 Å². The molecule has 0 radical (unpaired) electrons. The molecule has 0 spiro atoms. The van der Waals surface area contributed by atoms with Crippen LogP contribution in [0.2, 0.25) is 0 Å². The van der Waals surface area contributed by atoms with Gasteiger partial charge in [-0.1, -0.05) is 0 Å². The van der Waals surface area contributed by atoms with E-state index < -0.39 is 29.9 Å². The molecule has 2 atom stereocenters. The van der Waals surface area contributed by atoms with Crippen molar-refractivity contribution in [1.82, 2.24) is 10.2 Å². The lowest BCUT2D eigenvalue weighted by Gasteiger charge is -2.18. The summed E-state index contributed by atoms with van der Waals surface area (Å²) in [7, 11) is 1.38. The summed E-state index contributed by atoms with van der Waals surface area (Å²) in [6.45, 7) is -0.198. The van der Waals surface area contributed by atoms with E-state index in [1.54, 1.807) is 0 Å². The van der Waals surface area contributed by atoms with Gasteiger partial charge in [0.05, 0.1) is 12.7 Å². The molecular formula is C12H18N2O6. The Morgan fingerprint density at radius 2 is 1.90 bits per heavy atom. The molecule has 0 saturated carbocycles. The summed E-state index contributed by atoms with van der Waals surface area (Å²) < 4.78 is 4.66. The van der Waals surface area contributed by atoms with Gasteiger partial charge in [-0.2, -0.15) is 0 Å². The highest BCUT2D eigenvalue weighted by molar-refractivity contribution is 6.13. The summed E-state index contributed by atoms with van der Waals surface area (Å²) in [5.74, 6) is -1.32. The minimum Gasteiger partial charge on any atom is -0.388 e. The Morgan fingerprint density at radius 3 is 2.45 bits per heavy atom. The van der Waals surface area contributed by atoms with Crippen molar-refractivity contribution in [1.29, 1.82) is 0 Å². The Labute approximate surface area is 116 Å². The van der Waals surface area contributed by atoms with Gasteiger partial charge in [-0.15, -0.1) is 0 Å². The SMILES string of the molecule is COC[C@@H](O)[C@H](O)CNC(=O)CCN1C(=O)C=CC1=O. The third kappa shape index (κ3) is 4.72. The average Bonchev–Trinajstić information content (AvgIpc) is 2.73. The van der Waals surface area contributed by atoms with E-state index in [0.29, 0.717) is 0 Å². The van der Waals surface area contributed by atoms with Crippen LogP contribution in [0.3, 0.4) is 0 Å². The minimum atomic E-state index is -1.14. The molecule has 3 N–H and O–H groups in total. The first-order valence-corrected chi connectivity index (χ1v) is 6.11. The van der Waals surface area contributed by atoms with Crippen molar-refractivity contribution < 1.29 is 29.3 Å². The number of hydrogen-bond acceptors (Lipinski definition) is 6.